The number of anilines is 2. The van der Waals surface area contributed by atoms with Crippen LogP contribution in [0, 0.1) is 6.92 Å². The number of morpholine rings is 1. The summed E-state index contributed by atoms with van der Waals surface area (Å²) in [7, 11) is 0. The van der Waals surface area contributed by atoms with Crippen molar-refractivity contribution in [1.82, 2.24) is 4.90 Å². The topological polar surface area (TPSA) is 24.5 Å². The van der Waals surface area contributed by atoms with Crippen LogP contribution in [-0.2, 0) is 16.6 Å². The van der Waals surface area contributed by atoms with Crippen LogP contribution in [0.15, 0.2) is 36.4 Å². The van der Waals surface area contributed by atoms with E-state index in [9.17, 15) is 0 Å². The monoisotopic (exact) mass is 336 g/mol. The largest absolute Gasteiger partial charge is 0.379 e. The minimum absolute atomic E-state index is 0.0324. The van der Waals surface area contributed by atoms with Gasteiger partial charge in [-0.05, 0) is 42.2 Å². The SMILES string of the molecule is Cc1ccc2c(c1)C(C)(C)c1ccc(CCN3CCOCC3)cc1N2. The van der Waals surface area contributed by atoms with Gasteiger partial charge in [-0.1, -0.05) is 43.7 Å². The third-order valence-corrected chi connectivity index (χ3v) is 5.70. The first kappa shape index (κ1) is 16.6. The molecule has 3 heteroatoms. The number of aryl methyl sites for hydroxylation is 1. The van der Waals surface area contributed by atoms with Crippen LogP contribution in [0.2, 0.25) is 0 Å². The Bertz CT molecular complexity index is 776. The Labute approximate surface area is 151 Å². The second kappa shape index (κ2) is 6.47. The summed E-state index contributed by atoms with van der Waals surface area (Å²) < 4.78 is 5.44. The van der Waals surface area contributed by atoms with E-state index >= 15 is 0 Å². The zero-order chi connectivity index (χ0) is 17.4. The smallest absolute Gasteiger partial charge is 0.0594 e. The molecule has 0 aromatic heterocycles. The molecule has 2 aliphatic rings. The average molecular weight is 336 g/mol. The maximum Gasteiger partial charge on any atom is 0.0594 e. The normalized spacial score (nSPS) is 19.0. The fourth-order valence-electron chi connectivity index (χ4n) is 4.08. The molecule has 2 heterocycles. The lowest BCUT2D eigenvalue weighted by Crippen LogP contribution is -2.37. The Morgan fingerprint density at radius 1 is 1.00 bits per heavy atom. The van der Waals surface area contributed by atoms with Crippen molar-refractivity contribution in [3.05, 3.63) is 58.7 Å². The van der Waals surface area contributed by atoms with E-state index in [1.54, 1.807) is 0 Å². The summed E-state index contributed by atoms with van der Waals surface area (Å²) in [6.45, 7) is 11.8. The van der Waals surface area contributed by atoms with Crippen LogP contribution in [0.3, 0.4) is 0 Å². The number of hydrogen-bond acceptors (Lipinski definition) is 3. The molecule has 0 saturated carbocycles. The van der Waals surface area contributed by atoms with Crippen molar-refractivity contribution in [2.75, 3.05) is 38.2 Å². The van der Waals surface area contributed by atoms with E-state index in [-0.39, 0.29) is 5.41 Å². The highest BCUT2D eigenvalue weighted by molar-refractivity contribution is 5.76. The van der Waals surface area contributed by atoms with Gasteiger partial charge in [0.1, 0.15) is 0 Å². The molecule has 1 fully saturated rings. The van der Waals surface area contributed by atoms with Crippen molar-refractivity contribution in [3.63, 3.8) is 0 Å². The standard InChI is InChI=1S/C22H28N2O/c1-16-4-7-20-19(14-16)22(2,3)18-6-5-17(15-21(18)23-20)8-9-24-10-12-25-13-11-24/h4-7,14-15,23H,8-13H2,1-3H3. The first-order valence-electron chi connectivity index (χ1n) is 9.36. The van der Waals surface area contributed by atoms with Crippen LogP contribution >= 0.6 is 0 Å². The number of rotatable bonds is 3. The Morgan fingerprint density at radius 3 is 2.60 bits per heavy atom. The average Bonchev–Trinajstić information content (AvgIpc) is 2.61. The van der Waals surface area contributed by atoms with Crippen molar-refractivity contribution in [2.45, 2.75) is 32.6 Å². The van der Waals surface area contributed by atoms with Gasteiger partial charge in [-0.3, -0.25) is 4.90 Å². The van der Waals surface area contributed by atoms with E-state index in [2.05, 4.69) is 67.4 Å². The van der Waals surface area contributed by atoms with Crippen LogP contribution in [-0.4, -0.2) is 37.7 Å². The third-order valence-electron chi connectivity index (χ3n) is 5.70. The van der Waals surface area contributed by atoms with Crippen molar-refractivity contribution < 1.29 is 4.74 Å². The highest BCUT2D eigenvalue weighted by Crippen LogP contribution is 2.45. The Kier molecular flexibility index (Phi) is 4.30. The molecule has 0 amide bonds. The Hall–Kier alpha value is -1.84. The summed E-state index contributed by atoms with van der Waals surface area (Å²) in [5, 5.41) is 3.67. The molecule has 0 aliphatic carbocycles. The number of nitrogens with zero attached hydrogens (tertiary/aromatic N) is 1. The maximum absolute atomic E-state index is 5.44. The van der Waals surface area contributed by atoms with Gasteiger partial charge in [0.2, 0.25) is 0 Å². The Balaban J connectivity index is 1.57. The van der Waals surface area contributed by atoms with Crippen molar-refractivity contribution >= 4 is 11.4 Å². The summed E-state index contributed by atoms with van der Waals surface area (Å²) in [6, 6.07) is 13.7. The van der Waals surface area contributed by atoms with Crippen LogP contribution < -0.4 is 5.32 Å². The number of hydrogen-bond donors (Lipinski definition) is 1. The summed E-state index contributed by atoms with van der Waals surface area (Å²) >= 11 is 0. The second-order valence-electron chi connectivity index (χ2n) is 7.88. The summed E-state index contributed by atoms with van der Waals surface area (Å²) in [5.74, 6) is 0. The molecule has 0 atom stereocenters. The number of ether oxygens (including phenoxy) is 1. The second-order valence-corrected chi connectivity index (χ2v) is 7.88. The summed E-state index contributed by atoms with van der Waals surface area (Å²) in [4.78, 5) is 2.50. The van der Waals surface area contributed by atoms with Crippen molar-refractivity contribution in [2.24, 2.45) is 0 Å². The van der Waals surface area contributed by atoms with Gasteiger partial charge in [0, 0.05) is 36.4 Å². The van der Waals surface area contributed by atoms with Gasteiger partial charge >= 0.3 is 0 Å². The molecular weight excluding hydrogens is 308 g/mol. The third kappa shape index (κ3) is 3.19. The first-order chi connectivity index (χ1) is 12.0. The van der Waals surface area contributed by atoms with Gasteiger partial charge < -0.3 is 10.1 Å². The van der Waals surface area contributed by atoms with E-state index in [1.165, 1.54) is 33.6 Å². The van der Waals surface area contributed by atoms with Gasteiger partial charge in [-0.15, -0.1) is 0 Å². The molecular formula is C22H28N2O. The van der Waals surface area contributed by atoms with E-state index in [0.29, 0.717) is 0 Å². The molecule has 1 N–H and O–H groups in total. The Morgan fingerprint density at radius 2 is 1.80 bits per heavy atom. The molecule has 25 heavy (non-hydrogen) atoms. The highest BCUT2D eigenvalue weighted by atomic mass is 16.5. The van der Waals surface area contributed by atoms with E-state index in [0.717, 1.165) is 39.3 Å². The zero-order valence-corrected chi connectivity index (χ0v) is 15.6. The fraction of sp³-hybridized carbons (Fsp3) is 0.455. The predicted molar refractivity (Wildman–Crippen MR) is 104 cm³/mol. The van der Waals surface area contributed by atoms with Gasteiger partial charge in [-0.2, -0.15) is 0 Å². The zero-order valence-electron chi connectivity index (χ0n) is 15.6. The van der Waals surface area contributed by atoms with Gasteiger partial charge in [-0.25, -0.2) is 0 Å². The van der Waals surface area contributed by atoms with E-state index < -0.39 is 0 Å². The summed E-state index contributed by atoms with van der Waals surface area (Å²) in [6.07, 6.45) is 1.09. The minimum atomic E-state index is 0.0324. The number of fused-ring (bicyclic) bond motifs is 2. The molecule has 0 radical (unpaired) electrons. The van der Waals surface area contributed by atoms with Crippen LogP contribution in [0.25, 0.3) is 0 Å². The predicted octanol–water partition coefficient (Wildman–Crippen LogP) is 4.25. The molecule has 0 bridgehead atoms. The van der Waals surface area contributed by atoms with Crippen LogP contribution in [0.4, 0.5) is 11.4 Å². The minimum Gasteiger partial charge on any atom is -0.379 e. The highest BCUT2D eigenvalue weighted by Gasteiger charge is 2.32. The van der Waals surface area contributed by atoms with Crippen LogP contribution in [0.5, 0.6) is 0 Å². The molecule has 3 nitrogen and oxygen atoms in total. The molecule has 4 rings (SSSR count). The first-order valence-corrected chi connectivity index (χ1v) is 9.36. The molecule has 132 valence electrons. The number of benzene rings is 2. The van der Waals surface area contributed by atoms with Crippen molar-refractivity contribution in [3.8, 4) is 0 Å². The van der Waals surface area contributed by atoms with Gasteiger partial charge in [0.05, 0.1) is 13.2 Å². The molecule has 2 aromatic rings. The molecule has 0 unspecified atom stereocenters. The molecule has 0 spiro atoms. The molecule has 2 aliphatic heterocycles. The van der Waals surface area contributed by atoms with E-state index in [1.807, 2.05) is 0 Å². The maximum atomic E-state index is 5.44. The lowest BCUT2D eigenvalue weighted by Gasteiger charge is -2.36. The lowest BCUT2D eigenvalue weighted by atomic mass is 9.73. The number of nitrogens with one attached hydrogen (secondary N) is 1. The lowest BCUT2D eigenvalue weighted by molar-refractivity contribution is 0.0384. The fourth-order valence-corrected chi connectivity index (χ4v) is 4.08. The molecule has 2 aromatic carbocycles. The van der Waals surface area contributed by atoms with Gasteiger partial charge in [0.25, 0.3) is 0 Å². The van der Waals surface area contributed by atoms with E-state index in [4.69, 9.17) is 4.74 Å². The quantitative estimate of drug-likeness (QED) is 0.907. The summed E-state index contributed by atoms with van der Waals surface area (Å²) in [5.41, 5.74) is 8.05. The molecule has 1 saturated heterocycles. The van der Waals surface area contributed by atoms with Crippen molar-refractivity contribution in [1.29, 1.82) is 0 Å². The van der Waals surface area contributed by atoms with Crippen LogP contribution in [0.1, 0.15) is 36.1 Å². The van der Waals surface area contributed by atoms with Gasteiger partial charge in [0.15, 0.2) is 0 Å².